The van der Waals surface area contributed by atoms with E-state index in [0.717, 1.165) is 5.56 Å². The molecule has 34 heavy (non-hydrogen) atoms. The Balaban J connectivity index is 1.75. The van der Waals surface area contributed by atoms with Crippen LogP contribution in [0.2, 0.25) is 0 Å². The zero-order chi connectivity index (χ0) is 24.5. The van der Waals surface area contributed by atoms with Crippen molar-refractivity contribution >= 4 is 23.6 Å². The summed E-state index contributed by atoms with van der Waals surface area (Å²) in [4.78, 5) is 25.6. The molecular formula is C27H28N2O5. The van der Waals surface area contributed by atoms with Gasteiger partial charge < -0.3 is 24.8 Å². The van der Waals surface area contributed by atoms with Gasteiger partial charge in [-0.05, 0) is 42.8 Å². The molecule has 0 radical (unpaired) electrons. The van der Waals surface area contributed by atoms with Gasteiger partial charge in [0.25, 0.3) is 5.91 Å². The zero-order valence-corrected chi connectivity index (χ0v) is 19.6. The highest BCUT2D eigenvalue weighted by Crippen LogP contribution is 2.40. The fraction of sp³-hybridized carbons (Fsp3) is 0.185. The third-order valence-electron chi connectivity index (χ3n) is 5.23. The Labute approximate surface area is 199 Å². The lowest BCUT2D eigenvalue weighted by atomic mass is 10.1. The highest BCUT2D eigenvalue weighted by Gasteiger charge is 2.17. The molecule has 2 N–H and O–H groups in total. The van der Waals surface area contributed by atoms with Gasteiger partial charge >= 0.3 is 0 Å². The van der Waals surface area contributed by atoms with Gasteiger partial charge in [-0.1, -0.05) is 42.5 Å². The van der Waals surface area contributed by atoms with Gasteiger partial charge in [-0.15, -0.1) is 0 Å². The highest BCUT2D eigenvalue weighted by atomic mass is 16.5. The molecule has 0 aliphatic carbocycles. The lowest BCUT2D eigenvalue weighted by Crippen LogP contribution is -2.27. The maximum Gasteiger partial charge on any atom is 0.253 e. The first-order valence-corrected chi connectivity index (χ1v) is 10.7. The molecule has 0 bridgehead atoms. The molecule has 176 valence electrons. The molecule has 7 heteroatoms. The van der Waals surface area contributed by atoms with Gasteiger partial charge in [0.2, 0.25) is 11.7 Å². The smallest absolute Gasteiger partial charge is 0.253 e. The maximum atomic E-state index is 12.9. The molecule has 0 aliphatic heterocycles. The van der Waals surface area contributed by atoms with Crippen LogP contribution in [-0.4, -0.2) is 33.1 Å². The quantitative estimate of drug-likeness (QED) is 0.446. The van der Waals surface area contributed by atoms with Crippen LogP contribution in [0.4, 0.5) is 5.69 Å². The predicted molar refractivity (Wildman–Crippen MR) is 133 cm³/mol. The number of anilines is 1. The fourth-order valence-corrected chi connectivity index (χ4v) is 3.49. The number of benzene rings is 3. The molecule has 3 rings (SSSR count). The Hall–Kier alpha value is -4.26. The third kappa shape index (κ3) is 5.75. The minimum atomic E-state index is -0.395. The topological polar surface area (TPSA) is 85.9 Å². The van der Waals surface area contributed by atoms with Gasteiger partial charge in [0, 0.05) is 11.6 Å². The van der Waals surface area contributed by atoms with Crippen LogP contribution in [0.3, 0.4) is 0 Å². The van der Waals surface area contributed by atoms with Crippen molar-refractivity contribution in [2.24, 2.45) is 0 Å². The summed E-state index contributed by atoms with van der Waals surface area (Å²) in [6.07, 6.45) is 2.97. The number of hydrogen-bond donors (Lipinski definition) is 2. The van der Waals surface area contributed by atoms with Crippen LogP contribution in [-0.2, 0) is 4.79 Å². The van der Waals surface area contributed by atoms with Gasteiger partial charge in [-0.3, -0.25) is 9.59 Å². The summed E-state index contributed by atoms with van der Waals surface area (Å²) in [5, 5.41) is 5.75. The second-order valence-corrected chi connectivity index (χ2v) is 7.40. The number of nitrogens with one attached hydrogen (secondary N) is 2. The largest absolute Gasteiger partial charge is 0.493 e. The molecule has 0 saturated heterocycles. The van der Waals surface area contributed by atoms with Gasteiger partial charge in [-0.2, -0.15) is 0 Å². The summed E-state index contributed by atoms with van der Waals surface area (Å²) in [7, 11) is 4.57. The summed E-state index contributed by atoms with van der Waals surface area (Å²) in [6.45, 7) is 1.91. The normalized spacial score (nSPS) is 11.5. The van der Waals surface area contributed by atoms with Crippen molar-refractivity contribution in [1.29, 1.82) is 0 Å². The number of hydrogen-bond acceptors (Lipinski definition) is 5. The van der Waals surface area contributed by atoms with Crippen LogP contribution < -0.4 is 24.8 Å². The molecule has 0 saturated carbocycles. The third-order valence-corrected chi connectivity index (χ3v) is 5.23. The Morgan fingerprint density at radius 2 is 1.50 bits per heavy atom. The average molecular weight is 461 g/mol. The van der Waals surface area contributed by atoms with E-state index in [9.17, 15) is 9.59 Å². The Bertz CT molecular complexity index is 1170. The summed E-state index contributed by atoms with van der Waals surface area (Å²) >= 11 is 0. The van der Waals surface area contributed by atoms with E-state index in [0.29, 0.717) is 34.1 Å². The highest BCUT2D eigenvalue weighted by molar-refractivity contribution is 6.07. The SMILES string of the molecule is COc1ccc(C=CC(=O)Nc2ccccc2C(=O)NC(C)c2ccccc2)c(OC)c1OC. The maximum absolute atomic E-state index is 12.9. The van der Waals surface area contributed by atoms with Crippen molar-refractivity contribution in [3.8, 4) is 17.2 Å². The molecule has 0 spiro atoms. The van der Waals surface area contributed by atoms with E-state index in [2.05, 4.69) is 10.6 Å². The van der Waals surface area contributed by atoms with E-state index in [4.69, 9.17) is 14.2 Å². The van der Waals surface area contributed by atoms with Crippen LogP contribution in [0.25, 0.3) is 6.08 Å². The minimum absolute atomic E-state index is 0.185. The number of rotatable bonds is 9. The number of carbonyl (C=O) groups excluding carboxylic acids is 2. The average Bonchev–Trinajstić information content (AvgIpc) is 2.87. The van der Waals surface area contributed by atoms with Crippen molar-refractivity contribution in [2.45, 2.75) is 13.0 Å². The monoisotopic (exact) mass is 460 g/mol. The van der Waals surface area contributed by atoms with E-state index >= 15 is 0 Å². The van der Waals surface area contributed by atoms with E-state index in [-0.39, 0.29) is 11.9 Å². The van der Waals surface area contributed by atoms with Crippen molar-refractivity contribution < 1.29 is 23.8 Å². The van der Waals surface area contributed by atoms with Crippen molar-refractivity contribution in [3.63, 3.8) is 0 Å². The Morgan fingerprint density at radius 3 is 2.18 bits per heavy atom. The summed E-state index contributed by atoms with van der Waals surface area (Å²) in [5.74, 6) is 0.722. The molecule has 1 unspecified atom stereocenters. The number of methoxy groups -OCH3 is 3. The van der Waals surface area contributed by atoms with Crippen LogP contribution in [0.5, 0.6) is 17.2 Å². The van der Waals surface area contributed by atoms with Crippen molar-refractivity contribution in [3.05, 3.63) is 89.5 Å². The van der Waals surface area contributed by atoms with E-state index < -0.39 is 5.91 Å². The molecule has 3 aromatic rings. The standard InChI is InChI=1S/C27H28N2O5/c1-18(19-10-6-5-7-11-19)28-27(31)21-12-8-9-13-22(21)29-24(30)17-15-20-14-16-23(32-2)26(34-4)25(20)33-3/h5-18H,1-4H3,(H,28,31)(H,29,30). The summed E-state index contributed by atoms with van der Waals surface area (Å²) in [6, 6.07) is 19.8. The van der Waals surface area contributed by atoms with Crippen LogP contribution in [0, 0.1) is 0 Å². The zero-order valence-electron chi connectivity index (χ0n) is 19.6. The Kier molecular flexibility index (Phi) is 8.29. The van der Waals surface area contributed by atoms with E-state index in [1.807, 2.05) is 37.3 Å². The second kappa shape index (κ2) is 11.6. The first kappa shape index (κ1) is 24.4. The lowest BCUT2D eigenvalue weighted by Gasteiger charge is -2.16. The van der Waals surface area contributed by atoms with Crippen molar-refractivity contribution in [2.75, 3.05) is 26.6 Å². The second-order valence-electron chi connectivity index (χ2n) is 7.40. The molecule has 7 nitrogen and oxygen atoms in total. The number of ether oxygens (including phenoxy) is 3. The number of para-hydroxylation sites is 1. The van der Waals surface area contributed by atoms with Crippen LogP contribution in [0.1, 0.15) is 34.5 Å². The number of carbonyl (C=O) groups is 2. The molecular weight excluding hydrogens is 432 g/mol. The molecule has 1 atom stereocenters. The van der Waals surface area contributed by atoms with Gasteiger partial charge in [0.05, 0.1) is 38.6 Å². The predicted octanol–water partition coefficient (Wildman–Crippen LogP) is 4.86. The van der Waals surface area contributed by atoms with Crippen molar-refractivity contribution in [1.82, 2.24) is 5.32 Å². The molecule has 0 fully saturated rings. The molecule has 2 amide bonds. The van der Waals surface area contributed by atoms with Crippen LogP contribution >= 0.6 is 0 Å². The van der Waals surface area contributed by atoms with Gasteiger partial charge in [0.15, 0.2) is 11.5 Å². The first-order valence-electron chi connectivity index (χ1n) is 10.7. The molecule has 0 aliphatic rings. The summed E-state index contributed by atoms with van der Waals surface area (Å²) < 4.78 is 16.1. The lowest BCUT2D eigenvalue weighted by molar-refractivity contribution is -0.111. The first-order chi connectivity index (χ1) is 16.5. The Morgan fingerprint density at radius 1 is 0.824 bits per heavy atom. The fourth-order valence-electron chi connectivity index (χ4n) is 3.49. The number of amides is 2. The summed E-state index contributed by atoms with van der Waals surface area (Å²) in [5.41, 5.74) is 2.41. The van der Waals surface area contributed by atoms with Crippen LogP contribution in [0.15, 0.2) is 72.8 Å². The van der Waals surface area contributed by atoms with Gasteiger partial charge in [-0.25, -0.2) is 0 Å². The van der Waals surface area contributed by atoms with E-state index in [1.165, 1.54) is 27.4 Å². The molecule has 3 aromatic carbocycles. The minimum Gasteiger partial charge on any atom is -0.493 e. The molecule has 0 aromatic heterocycles. The van der Waals surface area contributed by atoms with E-state index in [1.54, 1.807) is 42.5 Å². The van der Waals surface area contributed by atoms with Gasteiger partial charge in [0.1, 0.15) is 0 Å². The molecule has 0 heterocycles.